The summed E-state index contributed by atoms with van der Waals surface area (Å²) in [5, 5.41) is 0. The number of halogens is 2. The quantitative estimate of drug-likeness (QED) is 0.579. The molecule has 2 heterocycles. The summed E-state index contributed by atoms with van der Waals surface area (Å²) >= 11 is 0. The van der Waals surface area contributed by atoms with Crippen LogP contribution in [-0.4, -0.2) is 45.8 Å². The Morgan fingerprint density at radius 3 is 2.47 bits per heavy atom. The van der Waals surface area contributed by atoms with Crippen molar-refractivity contribution in [2.24, 2.45) is 0 Å². The van der Waals surface area contributed by atoms with Crippen molar-refractivity contribution in [3.8, 4) is 0 Å². The van der Waals surface area contributed by atoms with Crippen LogP contribution in [0.4, 0.5) is 8.78 Å². The lowest BCUT2D eigenvalue weighted by molar-refractivity contribution is -0.134. The van der Waals surface area contributed by atoms with Gasteiger partial charge in [-0.25, -0.2) is 8.78 Å². The number of benzene rings is 2. The van der Waals surface area contributed by atoms with Crippen LogP contribution in [0.15, 0.2) is 66.9 Å². The second kappa shape index (κ2) is 9.34. The lowest BCUT2D eigenvalue weighted by atomic mass is 9.99. The topological polar surface area (TPSA) is 45.6 Å². The van der Waals surface area contributed by atoms with Crippen LogP contribution >= 0.6 is 0 Å². The maximum absolute atomic E-state index is 14.0. The highest BCUT2D eigenvalue weighted by Crippen LogP contribution is 2.33. The number of hydrogen-bond acceptors (Lipinski definition) is 2. The lowest BCUT2D eigenvalue weighted by Crippen LogP contribution is -2.48. The average molecular weight is 437 g/mol. The van der Waals surface area contributed by atoms with E-state index in [2.05, 4.69) is 4.57 Å². The standard InChI is InChI=1S/C25H25F2N3O2/c1-2-11-29(25(32)19-7-4-9-21(27)16-19)17-23(31)30-14-13-28-12-5-10-22(28)24(30)18-6-3-8-20(26)15-18/h3-10,12,15-16,24H,2,11,13-14,17H2,1H3/t24-/m0/s1. The maximum atomic E-state index is 14.0. The number of amides is 2. The number of aromatic nitrogens is 1. The zero-order valence-corrected chi connectivity index (χ0v) is 17.9. The largest absolute Gasteiger partial charge is 0.348 e. The summed E-state index contributed by atoms with van der Waals surface area (Å²) in [6, 6.07) is 15.1. The van der Waals surface area contributed by atoms with Crippen LogP contribution in [0.1, 0.15) is 41.0 Å². The van der Waals surface area contributed by atoms with Gasteiger partial charge in [-0.2, -0.15) is 0 Å². The minimum atomic E-state index is -0.499. The Hall–Kier alpha value is -3.48. The monoisotopic (exact) mass is 437 g/mol. The van der Waals surface area contributed by atoms with Crippen LogP contribution in [0.2, 0.25) is 0 Å². The molecule has 2 amide bonds. The minimum Gasteiger partial charge on any atom is -0.348 e. The van der Waals surface area contributed by atoms with Gasteiger partial charge in [-0.1, -0.05) is 25.1 Å². The van der Waals surface area contributed by atoms with Gasteiger partial charge in [0.2, 0.25) is 5.91 Å². The van der Waals surface area contributed by atoms with Crippen LogP contribution in [0, 0.1) is 11.6 Å². The van der Waals surface area contributed by atoms with E-state index in [9.17, 15) is 18.4 Å². The van der Waals surface area contributed by atoms with E-state index < -0.39 is 11.9 Å². The third-order valence-electron chi connectivity index (χ3n) is 5.70. The van der Waals surface area contributed by atoms with Crippen molar-refractivity contribution in [1.82, 2.24) is 14.4 Å². The first kappa shape index (κ1) is 21.7. The molecule has 0 fully saturated rings. The predicted molar refractivity (Wildman–Crippen MR) is 117 cm³/mol. The fourth-order valence-corrected chi connectivity index (χ4v) is 4.26. The lowest BCUT2D eigenvalue weighted by Gasteiger charge is -2.38. The Bertz CT molecular complexity index is 1130. The van der Waals surface area contributed by atoms with Crippen LogP contribution in [-0.2, 0) is 11.3 Å². The van der Waals surface area contributed by atoms with E-state index in [0.717, 1.165) is 5.69 Å². The smallest absolute Gasteiger partial charge is 0.254 e. The van der Waals surface area contributed by atoms with E-state index in [0.29, 0.717) is 31.6 Å². The molecular formula is C25H25F2N3O2. The summed E-state index contributed by atoms with van der Waals surface area (Å²) < 4.78 is 29.7. The number of carbonyl (C=O) groups is 2. The Morgan fingerprint density at radius 2 is 1.75 bits per heavy atom. The van der Waals surface area contributed by atoms with E-state index in [1.54, 1.807) is 23.1 Å². The van der Waals surface area contributed by atoms with Gasteiger partial charge in [0.1, 0.15) is 18.2 Å². The van der Waals surface area contributed by atoms with Crippen LogP contribution < -0.4 is 0 Å². The third kappa shape index (κ3) is 4.42. The summed E-state index contributed by atoms with van der Waals surface area (Å²) in [5.41, 5.74) is 1.78. The number of hydrogen-bond donors (Lipinski definition) is 0. The molecule has 5 nitrogen and oxygen atoms in total. The highest BCUT2D eigenvalue weighted by atomic mass is 19.1. The highest BCUT2D eigenvalue weighted by Gasteiger charge is 2.33. The van der Waals surface area contributed by atoms with Gasteiger partial charge in [0.05, 0.1) is 6.04 Å². The van der Waals surface area contributed by atoms with Crippen LogP contribution in [0.25, 0.3) is 0 Å². The van der Waals surface area contributed by atoms with Crippen molar-refractivity contribution in [2.45, 2.75) is 25.9 Å². The number of nitrogens with zero attached hydrogens (tertiary/aromatic N) is 3. The second-order valence-electron chi connectivity index (χ2n) is 7.91. The molecule has 166 valence electrons. The van der Waals surface area contributed by atoms with Gasteiger partial charge in [-0.15, -0.1) is 0 Å². The van der Waals surface area contributed by atoms with Gasteiger partial charge < -0.3 is 14.4 Å². The normalized spacial score (nSPS) is 15.3. The fraction of sp³-hybridized carbons (Fsp3) is 0.280. The molecule has 0 aliphatic carbocycles. The molecule has 3 aromatic rings. The molecule has 0 saturated carbocycles. The van der Waals surface area contributed by atoms with Crippen molar-refractivity contribution >= 4 is 11.8 Å². The first-order valence-corrected chi connectivity index (χ1v) is 10.7. The summed E-state index contributed by atoms with van der Waals surface area (Å²) in [6.07, 6.45) is 2.60. The van der Waals surface area contributed by atoms with Gasteiger partial charge in [0, 0.05) is 37.1 Å². The predicted octanol–water partition coefficient (Wildman–Crippen LogP) is 4.25. The van der Waals surface area contributed by atoms with Crippen LogP contribution in [0.3, 0.4) is 0 Å². The molecular weight excluding hydrogens is 412 g/mol. The van der Waals surface area contributed by atoms with E-state index in [-0.39, 0.29) is 29.7 Å². The molecule has 7 heteroatoms. The second-order valence-corrected chi connectivity index (χ2v) is 7.91. The molecule has 0 unspecified atom stereocenters. The molecule has 32 heavy (non-hydrogen) atoms. The third-order valence-corrected chi connectivity index (χ3v) is 5.70. The molecule has 2 aromatic carbocycles. The van der Waals surface area contributed by atoms with Gasteiger partial charge in [0.25, 0.3) is 5.91 Å². The first-order chi connectivity index (χ1) is 15.5. The minimum absolute atomic E-state index is 0.129. The van der Waals surface area contributed by atoms with Crippen molar-refractivity contribution in [3.05, 3.63) is 95.3 Å². The zero-order chi connectivity index (χ0) is 22.7. The zero-order valence-electron chi connectivity index (χ0n) is 17.9. The van der Waals surface area contributed by atoms with E-state index in [1.165, 1.54) is 35.2 Å². The van der Waals surface area contributed by atoms with E-state index >= 15 is 0 Å². The molecule has 0 saturated heterocycles. The molecule has 0 N–H and O–H groups in total. The summed E-state index contributed by atoms with van der Waals surface area (Å²) in [4.78, 5) is 29.6. The van der Waals surface area contributed by atoms with Crippen molar-refractivity contribution in [3.63, 3.8) is 0 Å². The Balaban J connectivity index is 1.62. The Labute approximate surface area is 185 Å². The van der Waals surface area contributed by atoms with Crippen molar-refractivity contribution in [2.75, 3.05) is 19.6 Å². The SMILES string of the molecule is CCCN(CC(=O)N1CCn2cccc2[C@@H]1c1cccc(F)c1)C(=O)c1cccc(F)c1. The molecule has 4 rings (SSSR count). The molecule has 1 aliphatic heterocycles. The Kier molecular flexibility index (Phi) is 6.35. The summed E-state index contributed by atoms with van der Waals surface area (Å²) in [5.74, 6) is -1.48. The molecule has 1 aromatic heterocycles. The highest BCUT2D eigenvalue weighted by molar-refractivity contribution is 5.96. The first-order valence-electron chi connectivity index (χ1n) is 10.7. The number of fused-ring (bicyclic) bond motifs is 1. The molecule has 0 radical (unpaired) electrons. The van der Waals surface area contributed by atoms with Crippen LogP contribution in [0.5, 0.6) is 0 Å². The fourth-order valence-electron chi connectivity index (χ4n) is 4.26. The molecule has 1 atom stereocenters. The number of rotatable bonds is 6. The van der Waals surface area contributed by atoms with Gasteiger partial charge in [-0.05, 0) is 54.4 Å². The van der Waals surface area contributed by atoms with E-state index in [4.69, 9.17) is 0 Å². The average Bonchev–Trinajstić information content (AvgIpc) is 3.26. The van der Waals surface area contributed by atoms with Gasteiger partial charge in [-0.3, -0.25) is 9.59 Å². The maximum Gasteiger partial charge on any atom is 0.254 e. The van der Waals surface area contributed by atoms with Crippen molar-refractivity contribution in [1.29, 1.82) is 0 Å². The van der Waals surface area contributed by atoms with E-state index in [1.807, 2.05) is 25.3 Å². The summed E-state index contributed by atoms with van der Waals surface area (Å²) in [7, 11) is 0. The number of carbonyl (C=O) groups excluding carboxylic acids is 2. The molecule has 0 bridgehead atoms. The van der Waals surface area contributed by atoms with Gasteiger partial charge >= 0.3 is 0 Å². The summed E-state index contributed by atoms with van der Waals surface area (Å²) in [6.45, 7) is 3.21. The molecule has 1 aliphatic rings. The van der Waals surface area contributed by atoms with Crippen molar-refractivity contribution < 1.29 is 18.4 Å². The molecule has 0 spiro atoms. The van der Waals surface area contributed by atoms with Gasteiger partial charge in [0.15, 0.2) is 0 Å². The Morgan fingerprint density at radius 1 is 1.00 bits per heavy atom.